The van der Waals surface area contributed by atoms with Gasteiger partial charge in [-0.1, -0.05) is 60.7 Å². The Morgan fingerprint density at radius 1 is 1.00 bits per heavy atom. The molecule has 0 aliphatic carbocycles. The first-order chi connectivity index (χ1) is 20.4. The van der Waals surface area contributed by atoms with E-state index < -0.39 is 12.2 Å². The highest BCUT2D eigenvalue weighted by molar-refractivity contribution is 5.91. The maximum absolute atomic E-state index is 14.1. The molecule has 0 spiro atoms. The summed E-state index contributed by atoms with van der Waals surface area (Å²) in [5.74, 6) is -0.305. The predicted molar refractivity (Wildman–Crippen MR) is 160 cm³/mol. The minimum absolute atomic E-state index is 0.0646. The Hall–Kier alpha value is -4.83. The number of fused-ring (bicyclic) bond motifs is 1. The van der Waals surface area contributed by atoms with Crippen molar-refractivity contribution in [2.75, 3.05) is 32.0 Å². The van der Waals surface area contributed by atoms with E-state index in [1.54, 1.807) is 50.2 Å². The van der Waals surface area contributed by atoms with Crippen LogP contribution in [0.25, 0.3) is 0 Å². The van der Waals surface area contributed by atoms with E-state index >= 15 is 0 Å². The maximum atomic E-state index is 14.1. The van der Waals surface area contributed by atoms with Crippen molar-refractivity contribution >= 4 is 23.5 Å². The Kier molecular flexibility index (Phi) is 8.73. The standard InChI is InChI=1S/C32H36N6O4/c1-3-16-36-22-30(40)37-28(18-23-12-14-27(39)15-13-23)31(41)35(20-25-10-7-11-26(17-25)33-2)21-29(37)38(36)32(42)34-19-24-8-5-4-6-9-24/h3-15,17,28-29,33,39H,1,16,18-22H2,2H3,(H,34,42)/t28-,29-/m0/s1. The first-order valence-corrected chi connectivity index (χ1v) is 14.0. The number of aromatic hydroxyl groups is 1. The largest absolute Gasteiger partial charge is 0.508 e. The fourth-order valence-corrected chi connectivity index (χ4v) is 5.60. The van der Waals surface area contributed by atoms with Gasteiger partial charge in [0.1, 0.15) is 18.0 Å². The van der Waals surface area contributed by atoms with Crippen LogP contribution in [-0.4, -0.2) is 81.7 Å². The quantitative estimate of drug-likeness (QED) is 0.343. The summed E-state index contributed by atoms with van der Waals surface area (Å²) in [5, 5.41) is 19.2. The first-order valence-electron chi connectivity index (χ1n) is 14.0. The number of anilines is 1. The van der Waals surface area contributed by atoms with E-state index in [4.69, 9.17) is 0 Å². The minimum Gasteiger partial charge on any atom is -0.508 e. The van der Waals surface area contributed by atoms with Crippen molar-refractivity contribution in [3.8, 4) is 5.75 Å². The summed E-state index contributed by atoms with van der Waals surface area (Å²) >= 11 is 0. The fourth-order valence-electron chi connectivity index (χ4n) is 5.60. The zero-order valence-corrected chi connectivity index (χ0v) is 23.6. The van der Waals surface area contributed by atoms with Crippen LogP contribution < -0.4 is 10.6 Å². The number of phenolic OH excluding ortho intramolecular Hbond substituents is 1. The van der Waals surface area contributed by atoms with Crippen LogP contribution in [0.4, 0.5) is 10.5 Å². The number of carbonyl (C=O) groups is 3. The lowest BCUT2D eigenvalue weighted by molar-refractivity contribution is -0.189. The Bertz CT molecular complexity index is 1430. The van der Waals surface area contributed by atoms with Crippen LogP contribution in [0.5, 0.6) is 5.75 Å². The highest BCUT2D eigenvalue weighted by atomic mass is 16.3. The Morgan fingerprint density at radius 2 is 1.74 bits per heavy atom. The van der Waals surface area contributed by atoms with E-state index in [2.05, 4.69) is 17.2 Å². The van der Waals surface area contributed by atoms with Crippen molar-refractivity contribution in [2.45, 2.75) is 31.7 Å². The lowest BCUT2D eigenvalue weighted by atomic mass is 9.98. The second kappa shape index (κ2) is 12.8. The van der Waals surface area contributed by atoms with E-state index in [0.29, 0.717) is 13.1 Å². The van der Waals surface area contributed by atoms with Gasteiger partial charge in [0.25, 0.3) is 0 Å². The van der Waals surface area contributed by atoms with Crippen molar-refractivity contribution < 1.29 is 19.5 Å². The number of hydrazine groups is 1. The Morgan fingerprint density at radius 3 is 2.45 bits per heavy atom. The average molecular weight is 569 g/mol. The molecule has 42 heavy (non-hydrogen) atoms. The summed E-state index contributed by atoms with van der Waals surface area (Å²) in [6.07, 6.45) is 1.17. The molecule has 0 bridgehead atoms. The molecule has 2 saturated heterocycles. The molecule has 0 unspecified atom stereocenters. The Labute approximate surface area is 245 Å². The molecule has 2 heterocycles. The van der Waals surface area contributed by atoms with Crippen LogP contribution in [0.2, 0.25) is 0 Å². The molecule has 10 heteroatoms. The zero-order valence-electron chi connectivity index (χ0n) is 23.6. The molecule has 0 radical (unpaired) electrons. The van der Waals surface area contributed by atoms with Crippen molar-refractivity contribution in [1.29, 1.82) is 0 Å². The van der Waals surface area contributed by atoms with Gasteiger partial charge < -0.3 is 25.5 Å². The summed E-state index contributed by atoms with van der Waals surface area (Å²) in [5.41, 5.74) is 3.59. The monoisotopic (exact) mass is 568 g/mol. The van der Waals surface area contributed by atoms with Gasteiger partial charge in [-0.15, -0.1) is 6.58 Å². The second-order valence-corrected chi connectivity index (χ2v) is 10.5. The maximum Gasteiger partial charge on any atom is 0.334 e. The van der Waals surface area contributed by atoms with Gasteiger partial charge in [-0.25, -0.2) is 14.8 Å². The molecule has 3 N–H and O–H groups in total. The van der Waals surface area contributed by atoms with E-state index in [1.165, 1.54) is 0 Å². The molecule has 218 valence electrons. The fraction of sp³-hybridized carbons (Fsp3) is 0.281. The number of urea groups is 1. The number of hydrogen-bond donors (Lipinski definition) is 3. The number of phenols is 1. The summed E-state index contributed by atoms with van der Waals surface area (Å²) in [6, 6.07) is 22.8. The number of nitrogens with one attached hydrogen (secondary N) is 2. The van der Waals surface area contributed by atoms with Gasteiger partial charge in [-0.05, 0) is 41.0 Å². The van der Waals surface area contributed by atoms with E-state index in [-0.39, 0.29) is 49.7 Å². The molecule has 10 nitrogen and oxygen atoms in total. The van der Waals surface area contributed by atoms with Gasteiger partial charge in [-0.2, -0.15) is 0 Å². The third-order valence-electron chi connectivity index (χ3n) is 7.62. The van der Waals surface area contributed by atoms with Crippen molar-refractivity contribution in [3.05, 3.63) is 108 Å². The molecule has 2 aliphatic heterocycles. The first kappa shape index (κ1) is 28.7. The summed E-state index contributed by atoms with van der Waals surface area (Å²) in [6.45, 7) is 4.83. The van der Waals surface area contributed by atoms with Crippen LogP contribution in [0, 0.1) is 0 Å². The normalized spacial score (nSPS) is 18.9. The van der Waals surface area contributed by atoms with Crippen molar-refractivity contribution in [2.24, 2.45) is 0 Å². The number of hydrogen-bond acceptors (Lipinski definition) is 6. The van der Waals surface area contributed by atoms with Crippen LogP contribution in [0.15, 0.2) is 91.5 Å². The van der Waals surface area contributed by atoms with E-state index in [9.17, 15) is 19.5 Å². The van der Waals surface area contributed by atoms with Gasteiger partial charge in [-0.3, -0.25) is 9.59 Å². The van der Waals surface area contributed by atoms with Crippen molar-refractivity contribution in [3.63, 3.8) is 0 Å². The van der Waals surface area contributed by atoms with E-state index in [0.717, 1.165) is 22.4 Å². The highest BCUT2D eigenvalue weighted by Crippen LogP contribution is 2.30. The lowest BCUT2D eigenvalue weighted by Gasteiger charge is -2.55. The predicted octanol–water partition coefficient (Wildman–Crippen LogP) is 3.17. The molecule has 0 aromatic heterocycles. The number of nitrogens with zero attached hydrogens (tertiary/aromatic N) is 4. The SMILES string of the molecule is C=CCN1CC(=O)N2[C@@H](Cc3ccc(O)cc3)C(=O)N(Cc3cccc(NC)c3)C[C@@H]2N1C(=O)NCc1ccccc1. The molecule has 2 atom stereocenters. The molecule has 2 fully saturated rings. The van der Waals surface area contributed by atoms with Gasteiger partial charge in [0.2, 0.25) is 11.8 Å². The van der Waals surface area contributed by atoms with Crippen LogP contribution in [-0.2, 0) is 29.1 Å². The molecule has 4 amide bonds. The number of benzene rings is 3. The summed E-state index contributed by atoms with van der Waals surface area (Å²) in [4.78, 5) is 44.9. The smallest absolute Gasteiger partial charge is 0.334 e. The zero-order chi connectivity index (χ0) is 29.6. The Balaban J connectivity index is 1.49. The third-order valence-corrected chi connectivity index (χ3v) is 7.62. The topological polar surface area (TPSA) is 108 Å². The molecule has 3 aromatic carbocycles. The third kappa shape index (κ3) is 6.23. The van der Waals surface area contributed by atoms with Crippen LogP contribution in [0.3, 0.4) is 0 Å². The van der Waals surface area contributed by atoms with Crippen molar-refractivity contribution in [1.82, 2.24) is 25.1 Å². The van der Waals surface area contributed by atoms with Crippen LogP contribution >= 0.6 is 0 Å². The molecule has 3 aromatic rings. The summed E-state index contributed by atoms with van der Waals surface area (Å²) in [7, 11) is 1.84. The van der Waals surface area contributed by atoms with E-state index in [1.807, 2.05) is 61.6 Å². The molecule has 0 saturated carbocycles. The number of rotatable bonds is 9. The number of amides is 4. The molecule has 2 aliphatic rings. The van der Waals surface area contributed by atoms with Crippen LogP contribution in [0.1, 0.15) is 16.7 Å². The highest BCUT2D eigenvalue weighted by Gasteiger charge is 2.51. The molecular weight excluding hydrogens is 532 g/mol. The second-order valence-electron chi connectivity index (χ2n) is 10.5. The van der Waals surface area contributed by atoms with Gasteiger partial charge in [0.15, 0.2) is 0 Å². The molecular formula is C32H36N6O4. The lowest BCUT2D eigenvalue weighted by Crippen LogP contribution is -2.76. The number of piperazine rings is 1. The van der Waals surface area contributed by atoms with Gasteiger partial charge >= 0.3 is 6.03 Å². The molecule has 5 rings (SSSR count). The minimum atomic E-state index is -0.830. The van der Waals surface area contributed by atoms with Gasteiger partial charge in [0, 0.05) is 38.8 Å². The number of carbonyl (C=O) groups excluding carboxylic acids is 3. The summed E-state index contributed by atoms with van der Waals surface area (Å²) < 4.78 is 0. The van der Waals surface area contributed by atoms with Gasteiger partial charge in [0.05, 0.1) is 13.1 Å². The average Bonchev–Trinajstić information content (AvgIpc) is 3.00.